The van der Waals surface area contributed by atoms with Crippen LogP contribution in [0.3, 0.4) is 0 Å². The number of aromatic nitrogens is 13. The Morgan fingerprint density at radius 2 is 0.759 bits per heavy atom. The third kappa shape index (κ3) is 22.8. The van der Waals surface area contributed by atoms with Gasteiger partial charge in [-0.25, -0.2) is 33.3 Å². The van der Waals surface area contributed by atoms with E-state index in [1.54, 1.807) is 86.3 Å². The number of nitrogens with one attached hydrogen (secondary N) is 1. The number of hydrogen-bond donors (Lipinski definition) is 3. The highest BCUT2D eigenvalue weighted by Gasteiger charge is 2.19. The Morgan fingerprint density at radius 3 is 1.09 bits per heavy atom. The summed E-state index contributed by atoms with van der Waals surface area (Å²) in [5.74, 6) is -3.39. The van der Waals surface area contributed by atoms with Gasteiger partial charge in [-0.05, 0) is 203 Å². The fraction of sp³-hybridized carbons (Fsp3) is 0.139. The van der Waals surface area contributed by atoms with Crippen molar-refractivity contribution in [3.05, 3.63) is 327 Å². The molecule has 12 aromatic rings. The maximum Gasteiger partial charge on any atom is 0.338 e. The van der Waals surface area contributed by atoms with Crippen LogP contribution in [0.15, 0.2) is 219 Å². The minimum atomic E-state index is -1.10. The Hall–Kier alpha value is -14.3. The number of hydrogen-bond acceptors (Lipinski definition) is 25. The molecule has 7 heterocycles. The van der Waals surface area contributed by atoms with E-state index in [1.165, 1.54) is 148 Å². The van der Waals surface area contributed by atoms with Crippen molar-refractivity contribution in [2.75, 3.05) is 34.2 Å². The first-order valence-electron chi connectivity index (χ1n) is 30.8. The summed E-state index contributed by atoms with van der Waals surface area (Å²) in [5, 5.41) is 52.4. The van der Waals surface area contributed by atoms with Crippen LogP contribution >= 0.6 is 22.6 Å². The molecule has 5 aromatic carbocycles. The Labute approximate surface area is 624 Å². The first-order chi connectivity index (χ1) is 50.9. The van der Waals surface area contributed by atoms with Gasteiger partial charge >= 0.3 is 29.8 Å². The number of halogens is 1. The molecule has 0 aliphatic heterocycles. The number of carboxylic acid groups (broad SMARTS) is 1. The number of aromatic amines is 1. The van der Waals surface area contributed by atoms with E-state index in [0.29, 0.717) is 48.8 Å². The number of nitrogens with two attached hydrogens (primary N) is 1. The minimum Gasteiger partial charge on any atom is -0.478 e. The van der Waals surface area contributed by atoms with Crippen molar-refractivity contribution in [2.45, 2.75) is 42.0 Å². The summed E-state index contributed by atoms with van der Waals surface area (Å²) < 4.78 is 27.2. The zero-order chi connectivity index (χ0) is 78.3. The number of nitro benzene ring substituents is 2. The maximum absolute atomic E-state index is 12.2. The van der Waals surface area contributed by atoms with Crippen molar-refractivity contribution in [2.24, 2.45) is 0 Å². The standard InChI is InChI=1S/C15H13N5O3.C14H11N5O3.C14H12N2O5.C14H14N2O3.C8H6INO4.C6H7NO.CH4/c1-10-3-4-19(14(21)5-10)12-6-11(15(22)23-2)7-13(8-12)20-9-16-17-18-20;1-9-2-3-18(13(20)4-9)11-5-10(14(21)22)6-12(7-11)19-8-15-16-17-19;1-9-3-4-15(13(17)5-9)11-6-10(14(18)21-2)7-12(8-11)16(19)20;1-9-3-4-16(13(17)5-9)12-7-10(14(18)19-2)6-11(15)8-12;1-14-8(11)5-2-6(9)4-7(3-5)10(12)13;1-5-2-3-7-6(8)4-5;/h3-9H,1-2H3;2-8H,1H3,(H,21,22);3-8H,1-2H3;3-8H,15H2,1-2H3;2-4H,1H3;2-4H,1H3,(H,7,8);1H4. The number of nitrogens with zero attached hydrogens (tertiary/aromatic N) is 14. The van der Waals surface area contributed by atoms with Crippen LogP contribution in [0.2, 0.25) is 0 Å². The van der Waals surface area contributed by atoms with E-state index in [0.717, 1.165) is 33.9 Å². The summed E-state index contributed by atoms with van der Waals surface area (Å²) in [4.78, 5) is 139. The number of H-pyrrole nitrogens is 1. The molecule has 0 unspecified atom stereocenters. The Balaban J connectivity index is 0.000000207. The molecule has 0 atom stereocenters. The summed E-state index contributed by atoms with van der Waals surface area (Å²) in [6.45, 7) is 9.13. The van der Waals surface area contributed by atoms with Gasteiger partial charge in [0.15, 0.2) is 0 Å². The predicted molar refractivity (Wildman–Crippen MR) is 400 cm³/mol. The monoisotopic (exact) mass is 1590 g/mol. The molecule has 4 N–H and O–H groups in total. The minimum absolute atomic E-state index is 0. The lowest BCUT2D eigenvalue weighted by Crippen LogP contribution is -2.18. The lowest BCUT2D eigenvalue weighted by molar-refractivity contribution is -0.385. The first kappa shape index (κ1) is 82.6. The Morgan fingerprint density at radius 1 is 0.435 bits per heavy atom. The summed E-state index contributed by atoms with van der Waals surface area (Å²) in [6, 6.07) is 38.3. The average Bonchev–Trinajstić information content (AvgIpc) is 1.26. The molecule has 0 aliphatic rings. The van der Waals surface area contributed by atoms with Crippen LogP contribution in [-0.4, -0.2) is 137 Å². The number of carbonyl (C=O) groups excluding carboxylic acids is 4. The van der Waals surface area contributed by atoms with Gasteiger partial charge in [-0.2, -0.15) is 0 Å². The van der Waals surface area contributed by atoms with E-state index < -0.39 is 39.7 Å². The second kappa shape index (κ2) is 38.3. The molecule has 36 heteroatoms. The fourth-order valence-corrected chi connectivity index (χ4v) is 10.0. The average molecular weight is 1590 g/mol. The zero-order valence-corrected chi connectivity index (χ0v) is 60.1. The Kier molecular flexibility index (Phi) is 29.3. The molecule has 0 saturated carbocycles. The van der Waals surface area contributed by atoms with Crippen LogP contribution in [-0.2, 0) is 18.9 Å². The fourth-order valence-electron chi connectivity index (χ4n) is 9.37. The van der Waals surface area contributed by atoms with E-state index in [2.05, 4.69) is 50.2 Å². The van der Waals surface area contributed by atoms with Crippen molar-refractivity contribution in [3.8, 4) is 34.1 Å². The van der Waals surface area contributed by atoms with Gasteiger partial charge in [-0.1, -0.05) is 7.43 Å². The number of carboxylic acids is 1. The van der Waals surface area contributed by atoms with Crippen LogP contribution in [0, 0.1) is 58.4 Å². The largest absolute Gasteiger partial charge is 0.478 e. The number of rotatable bonds is 13. The summed E-state index contributed by atoms with van der Waals surface area (Å²) in [7, 11) is 5.00. The number of non-ortho nitro benzene ring substituents is 2. The van der Waals surface area contributed by atoms with Crippen LogP contribution < -0.4 is 33.5 Å². The quantitative estimate of drug-likeness (QED) is 0.0243. The van der Waals surface area contributed by atoms with E-state index >= 15 is 0 Å². The van der Waals surface area contributed by atoms with Gasteiger partial charge in [-0.3, -0.25) is 62.5 Å². The number of aryl methyl sites for hydroxylation is 5. The molecular formula is C72H67IN16O19. The van der Waals surface area contributed by atoms with Crippen LogP contribution in [0.5, 0.6) is 0 Å². The molecule has 0 radical (unpaired) electrons. The number of nitro groups is 2. The van der Waals surface area contributed by atoms with Crippen molar-refractivity contribution < 1.29 is 57.9 Å². The number of methoxy groups -OCH3 is 4. The smallest absolute Gasteiger partial charge is 0.338 e. The van der Waals surface area contributed by atoms with Gasteiger partial charge in [0.1, 0.15) is 12.7 Å². The van der Waals surface area contributed by atoms with E-state index in [9.17, 15) is 73.3 Å². The van der Waals surface area contributed by atoms with Gasteiger partial charge in [0.05, 0.1) is 100 Å². The van der Waals surface area contributed by atoms with Gasteiger partial charge < -0.3 is 34.8 Å². The molecule has 12 rings (SSSR count). The molecule has 0 spiro atoms. The SMILES string of the molecule is C.COC(=O)c1cc(-n2ccc(C)cc2=O)cc([N+](=O)[O-])c1.COC(=O)c1cc(-n2cnnn2)cc(-n2ccc(C)cc2=O)c1.COC(=O)c1cc(I)cc([N+](=O)[O-])c1.COC(=O)c1cc(N)cc(-n2ccc(C)cc2=O)c1.Cc1cc[nH]c(=O)c1.Cc1ccn(-c2cc(C(=O)O)cc(-n3cnnn3)c2)c(=O)c1. The lowest BCUT2D eigenvalue weighted by Gasteiger charge is -2.10. The highest BCUT2D eigenvalue weighted by molar-refractivity contribution is 14.1. The molecule has 556 valence electrons. The number of carbonyl (C=O) groups is 5. The third-order valence-corrected chi connectivity index (χ3v) is 15.1. The maximum atomic E-state index is 12.2. The number of benzene rings is 5. The molecule has 0 bridgehead atoms. The van der Waals surface area contributed by atoms with Crippen molar-refractivity contribution in [1.82, 2.24) is 63.7 Å². The van der Waals surface area contributed by atoms with Gasteiger partial charge in [-0.15, -0.1) is 10.2 Å². The first-order valence-corrected chi connectivity index (χ1v) is 31.9. The Bertz CT molecular complexity index is 5620. The molecule has 7 aromatic heterocycles. The third-order valence-electron chi connectivity index (χ3n) is 14.5. The second-order valence-corrected chi connectivity index (χ2v) is 23.6. The van der Waals surface area contributed by atoms with Crippen molar-refractivity contribution >= 4 is 69.5 Å². The lowest BCUT2D eigenvalue weighted by atomic mass is 10.1. The summed E-state index contributed by atoms with van der Waals surface area (Å²) in [6.07, 6.45) is 10.8. The zero-order valence-electron chi connectivity index (χ0n) is 58.0. The molecule has 0 amide bonds. The van der Waals surface area contributed by atoms with Crippen molar-refractivity contribution in [3.63, 3.8) is 0 Å². The van der Waals surface area contributed by atoms with Gasteiger partial charge in [0.25, 0.3) is 33.6 Å². The highest BCUT2D eigenvalue weighted by atomic mass is 127. The van der Waals surface area contributed by atoms with Gasteiger partial charge in [0.2, 0.25) is 5.56 Å². The number of aromatic carboxylic acids is 1. The number of nitrogen functional groups attached to an aromatic ring is 1. The molecule has 0 aliphatic carbocycles. The number of tetrazole rings is 2. The molecule has 35 nitrogen and oxygen atoms in total. The van der Waals surface area contributed by atoms with Crippen LogP contribution in [0.1, 0.15) is 87.0 Å². The normalized spacial score (nSPS) is 10.1. The number of esters is 4. The number of ether oxygens (including phenoxy) is 4. The predicted octanol–water partition coefficient (Wildman–Crippen LogP) is 8.39. The number of anilines is 1. The highest BCUT2D eigenvalue weighted by Crippen LogP contribution is 2.23. The van der Waals surface area contributed by atoms with E-state index in [-0.39, 0.29) is 69.0 Å². The second-order valence-electron chi connectivity index (χ2n) is 22.4. The van der Waals surface area contributed by atoms with E-state index in [1.807, 2.05) is 68.5 Å². The van der Waals surface area contributed by atoms with Crippen LogP contribution in [0.25, 0.3) is 34.1 Å². The van der Waals surface area contributed by atoms with Crippen LogP contribution in [0.4, 0.5) is 17.1 Å². The van der Waals surface area contributed by atoms with Gasteiger partial charge in [0, 0.05) is 94.8 Å². The summed E-state index contributed by atoms with van der Waals surface area (Å²) in [5.41, 5.74) is 12.6. The molecular weight excluding hydrogens is 1520 g/mol. The molecule has 108 heavy (non-hydrogen) atoms. The van der Waals surface area contributed by atoms with Crippen molar-refractivity contribution in [1.29, 1.82) is 0 Å². The summed E-state index contributed by atoms with van der Waals surface area (Å²) >= 11 is 1.90. The number of pyridine rings is 5. The molecule has 0 fully saturated rings. The topological polar surface area (TPSA) is 463 Å². The molecule has 0 saturated heterocycles. The van der Waals surface area contributed by atoms with E-state index in [4.69, 9.17) is 10.5 Å².